The van der Waals surface area contributed by atoms with Gasteiger partial charge in [-0.15, -0.1) is 11.3 Å². The zero-order chi connectivity index (χ0) is 23.1. The summed E-state index contributed by atoms with van der Waals surface area (Å²) >= 11 is 1.33. The number of ether oxygens (including phenoxy) is 1. The highest BCUT2D eigenvalue weighted by Gasteiger charge is 2.42. The van der Waals surface area contributed by atoms with Gasteiger partial charge in [-0.25, -0.2) is 4.79 Å². The van der Waals surface area contributed by atoms with Crippen molar-refractivity contribution in [1.29, 1.82) is 0 Å². The minimum atomic E-state index is -0.518. The molecule has 8 nitrogen and oxygen atoms in total. The molecule has 0 spiro atoms. The lowest BCUT2D eigenvalue weighted by molar-refractivity contribution is -0.385. The smallest absolute Gasteiger partial charge is 0.341 e. The van der Waals surface area contributed by atoms with Gasteiger partial charge >= 0.3 is 5.97 Å². The van der Waals surface area contributed by atoms with Gasteiger partial charge in [-0.2, -0.15) is 0 Å². The van der Waals surface area contributed by atoms with E-state index in [1.807, 2.05) is 13.8 Å². The number of carbonyl (C=O) groups excluding carboxylic acids is 2. The molecule has 2 N–H and O–H groups in total. The molecular formula is C22H27N3O5S. The first-order valence-electron chi connectivity index (χ1n) is 10.1. The van der Waals surface area contributed by atoms with Crippen molar-refractivity contribution in [1.82, 2.24) is 5.32 Å². The Balaban J connectivity index is 2.09. The van der Waals surface area contributed by atoms with Crippen LogP contribution in [0.1, 0.15) is 71.3 Å². The highest BCUT2D eigenvalue weighted by atomic mass is 32.1. The van der Waals surface area contributed by atoms with Gasteiger partial charge in [0.05, 0.1) is 17.1 Å². The number of esters is 1. The average molecular weight is 446 g/mol. The lowest BCUT2D eigenvalue weighted by Gasteiger charge is -2.42. The van der Waals surface area contributed by atoms with Gasteiger partial charge in [-0.05, 0) is 59.6 Å². The lowest BCUT2D eigenvalue weighted by atomic mass is 9.81. The summed E-state index contributed by atoms with van der Waals surface area (Å²) in [4.78, 5) is 37.6. The molecule has 1 aliphatic rings. The number of nitro groups is 1. The first-order chi connectivity index (χ1) is 14.4. The van der Waals surface area contributed by atoms with Crippen LogP contribution in [0.15, 0.2) is 18.2 Å². The first-order valence-corrected chi connectivity index (χ1v) is 10.9. The molecule has 0 saturated carbocycles. The number of hydrogen-bond donors (Lipinski definition) is 2. The molecule has 0 radical (unpaired) electrons. The van der Waals surface area contributed by atoms with E-state index in [0.717, 1.165) is 10.4 Å². The second kappa shape index (κ2) is 8.05. The van der Waals surface area contributed by atoms with E-state index in [-0.39, 0.29) is 29.0 Å². The highest BCUT2D eigenvalue weighted by Crippen LogP contribution is 2.45. The Morgan fingerprint density at radius 3 is 2.58 bits per heavy atom. The molecule has 0 aliphatic carbocycles. The van der Waals surface area contributed by atoms with Crippen LogP contribution in [0.25, 0.3) is 0 Å². The Kier molecular flexibility index (Phi) is 5.94. The van der Waals surface area contributed by atoms with Crippen molar-refractivity contribution in [2.24, 2.45) is 0 Å². The maximum atomic E-state index is 13.0. The third-order valence-corrected chi connectivity index (χ3v) is 6.77. The molecule has 31 heavy (non-hydrogen) atoms. The van der Waals surface area contributed by atoms with Crippen molar-refractivity contribution in [3.05, 3.63) is 55.4 Å². The molecule has 0 fully saturated rings. The van der Waals surface area contributed by atoms with Gasteiger partial charge in [0.15, 0.2) is 0 Å². The Hall–Kier alpha value is -2.78. The predicted octanol–water partition coefficient (Wildman–Crippen LogP) is 4.55. The number of thiophene rings is 1. The molecule has 0 bridgehead atoms. The van der Waals surface area contributed by atoms with Gasteiger partial charge in [0.25, 0.3) is 11.6 Å². The standard InChI is InChI=1S/C22H27N3O5S/c1-7-30-20(27)16-14-11-21(3,4)24-22(5,6)17(14)31-19(16)23-18(26)13-9-8-10-15(12(13)2)25(28)29/h8-10,24H,7,11H2,1-6H3,(H,23,26). The van der Waals surface area contributed by atoms with Gasteiger partial charge in [-0.1, -0.05) is 6.07 Å². The summed E-state index contributed by atoms with van der Waals surface area (Å²) in [5.74, 6) is -0.991. The number of benzene rings is 1. The molecule has 2 heterocycles. The van der Waals surface area contributed by atoms with Crippen molar-refractivity contribution in [2.75, 3.05) is 11.9 Å². The Labute approximate surface area is 185 Å². The molecule has 0 saturated heterocycles. The predicted molar refractivity (Wildman–Crippen MR) is 120 cm³/mol. The minimum absolute atomic E-state index is 0.129. The van der Waals surface area contributed by atoms with E-state index in [1.54, 1.807) is 6.92 Å². The molecule has 2 aromatic rings. The topological polar surface area (TPSA) is 111 Å². The zero-order valence-corrected chi connectivity index (χ0v) is 19.4. The lowest BCUT2D eigenvalue weighted by Crippen LogP contribution is -2.55. The molecule has 0 unspecified atom stereocenters. The molecule has 1 aromatic heterocycles. The fourth-order valence-corrected chi connectivity index (χ4v) is 5.53. The molecular weight excluding hydrogens is 418 g/mol. The normalized spacial score (nSPS) is 16.3. The number of carbonyl (C=O) groups is 2. The number of amides is 1. The van der Waals surface area contributed by atoms with Crippen LogP contribution in [0.4, 0.5) is 10.7 Å². The summed E-state index contributed by atoms with van der Waals surface area (Å²) in [6, 6.07) is 4.36. The largest absolute Gasteiger partial charge is 0.462 e. The van der Waals surface area contributed by atoms with Crippen LogP contribution in [0.2, 0.25) is 0 Å². The van der Waals surface area contributed by atoms with E-state index in [9.17, 15) is 19.7 Å². The van der Waals surface area contributed by atoms with Gasteiger partial charge < -0.3 is 15.4 Å². The third-order valence-electron chi connectivity index (χ3n) is 5.30. The monoisotopic (exact) mass is 445 g/mol. The maximum Gasteiger partial charge on any atom is 0.341 e. The third kappa shape index (κ3) is 4.33. The summed E-state index contributed by atoms with van der Waals surface area (Å²) in [6.45, 7) is 11.7. The van der Waals surface area contributed by atoms with Crippen molar-refractivity contribution in [3.63, 3.8) is 0 Å². The van der Waals surface area contributed by atoms with E-state index in [0.29, 0.717) is 17.0 Å². The van der Waals surface area contributed by atoms with Crippen LogP contribution < -0.4 is 10.6 Å². The van der Waals surface area contributed by atoms with E-state index < -0.39 is 22.3 Å². The SMILES string of the molecule is CCOC(=O)c1c(NC(=O)c2cccc([N+](=O)[O-])c2C)sc2c1CC(C)(C)NC2(C)C. The van der Waals surface area contributed by atoms with Gasteiger partial charge in [-0.3, -0.25) is 14.9 Å². The number of hydrogen-bond acceptors (Lipinski definition) is 7. The van der Waals surface area contributed by atoms with E-state index in [4.69, 9.17) is 4.74 Å². The van der Waals surface area contributed by atoms with Crippen LogP contribution in [0.3, 0.4) is 0 Å². The maximum absolute atomic E-state index is 13.0. The van der Waals surface area contributed by atoms with Crippen molar-refractivity contribution < 1.29 is 19.2 Å². The van der Waals surface area contributed by atoms with E-state index in [1.165, 1.54) is 36.5 Å². The molecule has 9 heteroatoms. The number of rotatable bonds is 5. The fraction of sp³-hybridized carbons (Fsp3) is 0.455. The van der Waals surface area contributed by atoms with Gasteiger partial charge in [0, 0.05) is 33.1 Å². The highest BCUT2D eigenvalue weighted by molar-refractivity contribution is 7.17. The zero-order valence-electron chi connectivity index (χ0n) is 18.5. The summed E-state index contributed by atoms with van der Waals surface area (Å²) in [6.07, 6.45) is 0.599. The van der Waals surface area contributed by atoms with Crippen LogP contribution in [0.5, 0.6) is 0 Å². The molecule has 166 valence electrons. The number of fused-ring (bicyclic) bond motifs is 1. The Morgan fingerprint density at radius 1 is 1.29 bits per heavy atom. The van der Waals surface area contributed by atoms with E-state index in [2.05, 4.69) is 24.5 Å². The summed E-state index contributed by atoms with van der Waals surface area (Å²) in [5.41, 5.74) is 0.893. The summed E-state index contributed by atoms with van der Waals surface area (Å²) in [7, 11) is 0. The summed E-state index contributed by atoms with van der Waals surface area (Å²) in [5, 5.41) is 18.0. The minimum Gasteiger partial charge on any atom is -0.462 e. The number of nitro benzene ring substituents is 1. The van der Waals surface area contributed by atoms with Crippen LogP contribution >= 0.6 is 11.3 Å². The van der Waals surface area contributed by atoms with Crippen molar-refractivity contribution in [2.45, 2.75) is 59.0 Å². The second-order valence-electron chi connectivity index (χ2n) is 8.81. The molecule has 1 aliphatic heterocycles. The molecule has 1 amide bonds. The van der Waals surface area contributed by atoms with Crippen LogP contribution in [0, 0.1) is 17.0 Å². The van der Waals surface area contributed by atoms with Crippen molar-refractivity contribution >= 4 is 33.9 Å². The van der Waals surface area contributed by atoms with Crippen LogP contribution in [-0.2, 0) is 16.7 Å². The van der Waals surface area contributed by atoms with E-state index >= 15 is 0 Å². The number of nitrogens with zero attached hydrogens (tertiary/aromatic N) is 1. The van der Waals surface area contributed by atoms with Gasteiger partial charge in [0.1, 0.15) is 5.00 Å². The first kappa shape index (κ1) is 22.9. The molecule has 1 aromatic carbocycles. The molecule has 0 atom stereocenters. The number of anilines is 1. The molecule has 3 rings (SSSR count). The Bertz CT molecular complexity index is 1070. The second-order valence-corrected chi connectivity index (χ2v) is 9.83. The van der Waals surface area contributed by atoms with Gasteiger partial charge in [0.2, 0.25) is 0 Å². The van der Waals surface area contributed by atoms with Crippen molar-refractivity contribution in [3.8, 4) is 0 Å². The van der Waals surface area contributed by atoms with Crippen LogP contribution in [-0.4, -0.2) is 28.9 Å². The fourth-order valence-electron chi connectivity index (χ4n) is 4.27. The number of nitrogens with one attached hydrogen (secondary N) is 2. The summed E-state index contributed by atoms with van der Waals surface area (Å²) < 4.78 is 5.30. The Morgan fingerprint density at radius 2 is 1.97 bits per heavy atom. The quantitative estimate of drug-likeness (QED) is 0.397. The average Bonchev–Trinajstić information content (AvgIpc) is 2.98.